The molecule has 1 unspecified atom stereocenters. The number of hydrogen-bond acceptors (Lipinski definition) is 8. The lowest BCUT2D eigenvalue weighted by molar-refractivity contribution is -0.484. The van der Waals surface area contributed by atoms with E-state index in [1.807, 2.05) is 20.8 Å². The molecule has 0 bridgehead atoms. The summed E-state index contributed by atoms with van der Waals surface area (Å²) in [7, 11) is 0. The maximum atomic E-state index is 12.3. The highest BCUT2D eigenvalue weighted by Crippen LogP contribution is 2.42. The minimum atomic E-state index is -0.616. The van der Waals surface area contributed by atoms with Crippen LogP contribution >= 0.6 is 0 Å². The number of hydrogen-bond donors (Lipinski definition) is 1. The zero-order chi connectivity index (χ0) is 23.3. The molecule has 1 atom stereocenters. The summed E-state index contributed by atoms with van der Waals surface area (Å²) in [5, 5.41) is 22.8. The molecular weight excluding hydrogens is 416 g/mol. The van der Waals surface area contributed by atoms with Crippen LogP contribution in [0.3, 0.4) is 0 Å². The smallest absolute Gasteiger partial charge is 0.336 e. The van der Waals surface area contributed by atoms with Crippen LogP contribution in [0.5, 0.6) is 11.5 Å². The van der Waals surface area contributed by atoms with E-state index in [0.717, 1.165) is 25.1 Å². The van der Waals surface area contributed by atoms with Crippen molar-refractivity contribution >= 4 is 11.0 Å². The highest BCUT2D eigenvalue weighted by atomic mass is 16.6. The van der Waals surface area contributed by atoms with Gasteiger partial charge in [0.25, 0.3) is 0 Å². The molecule has 3 rings (SSSR count). The number of fused-ring (bicyclic) bond motifs is 1. The van der Waals surface area contributed by atoms with Crippen molar-refractivity contribution in [3.63, 3.8) is 0 Å². The van der Waals surface area contributed by atoms with Gasteiger partial charge in [0.05, 0.1) is 24.5 Å². The molecule has 9 nitrogen and oxygen atoms in total. The fourth-order valence-electron chi connectivity index (χ4n) is 4.24. The van der Waals surface area contributed by atoms with E-state index in [-0.39, 0.29) is 23.8 Å². The average molecular weight is 449 g/mol. The van der Waals surface area contributed by atoms with Gasteiger partial charge in [-0.3, -0.25) is 15.0 Å². The number of aryl methyl sites for hydroxylation is 1. The van der Waals surface area contributed by atoms with E-state index in [9.17, 15) is 20.0 Å². The fourth-order valence-corrected chi connectivity index (χ4v) is 4.24. The molecule has 1 saturated heterocycles. The predicted molar refractivity (Wildman–Crippen MR) is 120 cm³/mol. The van der Waals surface area contributed by atoms with E-state index in [1.165, 1.54) is 12.1 Å². The van der Waals surface area contributed by atoms with Gasteiger partial charge in [0.15, 0.2) is 0 Å². The van der Waals surface area contributed by atoms with Crippen molar-refractivity contribution in [2.75, 3.05) is 46.0 Å². The molecule has 1 aliphatic rings. The van der Waals surface area contributed by atoms with Gasteiger partial charge in [-0.15, -0.1) is 0 Å². The molecule has 0 saturated carbocycles. The normalized spacial score (nSPS) is 15.9. The summed E-state index contributed by atoms with van der Waals surface area (Å²) in [6, 6.07) is 2.95. The fraction of sp³-hybridized carbons (Fsp3) is 0.609. The molecule has 32 heavy (non-hydrogen) atoms. The predicted octanol–water partition coefficient (Wildman–Crippen LogP) is 3.18. The molecule has 1 N–H and O–H groups in total. The molecule has 2 heterocycles. The first-order valence-electron chi connectivity index (χ1n) is 11.2. The summed E-state index contributed by atoms with van der Waals surface area (Å²) in [5.41, 5.74) is 0.686. The van der Waals surface area contributed by atoms with Crippen molar-refractivity contribution in [3.8, 4) is 11.5 Å². The zero-order valence-electron chi connectivity index (χ0n) is 19.0. The second-order valence-electron chi connectivity index (χ2n) is 8.52. The van der Waals surface area contributed by atoms with Crippen LogP contribution in [-0.2, 0) is 11.2 Å². The van der Waals surface area contributed by atoms with Gasteiger partial charge in [0.1, 0.15) is 23.7 Å². The number of aromatic hydroxyl groups is 1. The summed E-state index contributed by atoms with van der Waals surface area (Å²) in [4.78, 5) is 25.5. The number of rotatable bonds is 10. The van der Waals surface area contributed by atoms with E-state index in [1.54, 1.807) is 0 Å². The Labute approximate surface area is 187 Å². The first-order valence-corrected chi connectivity index (χ1v) is 11.2. The Hall–Kier alpha value is -2.65. The summed E-state index contributed by atoms with van der Waals surface area (Å²) in [6.45, 7) is 9.46. The van der Waals surface area contributed by atoms with Crippen molar-refractivity contribution in [2.45, 2.75) is 39.5 Å². The largest absolute Gasteiger partial charge is 0.507 e. The van der Waals surface area contributed by atoms with Gasteiger partial charge >= 0.3 is 5.63 Å². The van der Waals surface area contributed by atoms with Gasteiger partial charge in [-0.05, 0) is 17.9 Å². The van der Waals surface area contributed by atoms with Crippen molar-refractivity contribution in [1.29, 1.82) is 0 Å². The van der Waals surface area contributed by atoms with Crippen LogP contribution in [0.4, 0.5) is 0 Å². The van der Waals surface area contributed by atoms with Crippen LogP contribution in [0.15, 0.2) is 21.3 Å². The molecule has 9 heteroatoms. The van der Waals surface area contributed by atoms with Crippen LogP contribution in [0.2, 0.25) is 0 Å². The molecule has 1 aliphatic heterocycles. The Morgan fingerprint density at radius 2 is 2.00 bits per heavy atom. The number of benzene rings is 1. The third-order valence-electron chi connectivity index (χ3n) is 5.89. The monoisotopic (exact) mass is 448 g/mol. The third kappa shape index (κ3) is 5.58. The first kappa shape index (κ1) is 24.0. The van der Waals surface area contributed by atoms with Crippen molar-refractivity contribution in [1.82, 2.24) is 4.90 Å². The van der Waals surface area contributed by atoms with E-state index in [2.05, 4.69) is 4.90 Å². The van der Waals surface area contributed by atoms with E-state index < -0.39 is 16.5 Å². The number of phenolic OH excluding ortho intramolecular Hbond substituents is 1. The summed E-state index contributed by atoms with van der Waals surface area (Å²) in [5.74, 6) is -0.501. The molecule has 1 fully saturated rings. The zero-order valence-corrected chi connectivity index (χ0v) is 19.0. The number of nitrogens with zero attached hydrogens (tertiary/aromatic N) is 2. The van der Waals surface area contributed by atoms with Gasteiger partial charge in [0.2, 0.25) is 6.54 Å². The lowest BCUT2D eigenvalue weighted by Crippen LogP contribution is -2.38. The minimum absolute atomic E-state index is 0.150. The van der Waals surface area contributed by atoms with Crippen molar-refractivity contribution in [2.24, 2.45) is 5.92 Å². The third-order valence-corrected chi connectivity index (χ3v) is 5.89. The molecule has 2 aromatic rings. The first-order chi connectivity index (χ1) is 15.3. The van der Waals surface area contributed by atoms with Gasteiger partial charge in [0, 0.05) is 42.3 Å². The van der Waals surface area contributed by atoms with Gasteiger partial charge in [-0.25, -0.2) is 4.79 Å². The topological polar surface area (TPSA) is 115 Å². The number of phenols is 1. The van der Waals surface area contributed by atoms with Crippen molar-refractivity contribution < 1.29 is 23.9 Å². The molecule has 0 aliphatic carbocycles. The SMILES string of the molecule is CCCc1cc(=O)oc2c(C(C[N+](=O)[O-])C(C)C)c(O)cc(OCCN3CCOCC3)c12. The summed E-state index contributed by atoms with van der Waals surface area (Å²) >= 11 is 0. The Morgan fingerprint density at radius 3 is 2.62 bits per heavy atom. The lowest BCUT2D eigenvalue weighted by Gasteiger charge is -2.26. The summed E-state index contributed by atoms with van der Waals surface area (Å²) < 4.78 is 17.0. The van der Waals surface area contributed by atoms with Crippen LogP contribution in [0.25, 0.3) is 11.0 Å². The quantitative estimate of drug-likeness (QED) is 0.335. The maximum absolute atomic E-state index is 12.3. The van der Waals surface area contributed by atoms with Gasteiger partial charge < -0.3 is 19.0 Å². The lowest BCUT2D eigenvalue weighted by atomic mass is 9.85. The second kappa shape index (κ2) is 10.8. The Morgan fingerprint density at radius 1 is 1.28 bits per heavy atom. The maximum Gasteiger partial charge on any atom is 0.336 e. The summed E-state index contributed by atoms with van der Waals surface area (Å²) in [6.07, 6.45) is 1.41. The molecular formula is C23H32N2O7. The number of ether oxygens (including phenoxy) is 2. The van der Waals surface area contributed by atoms with Crippen molar-refractivity contribution in [3.05, 3.63) is 43.8 Å². The molecule has 1 aromatic carbocycles. The highest BCUT2D eigenvalue weighted by Gasteiger charge is 2.30. The standard InChI is InChI=1S/C23H32N2O7/c1-4-5-16-12-20(27)32-23-21(16)19(31-11-8-24-6-9-30-10-7-24)13-18(26)22(23)17(15(2)3)14-25(28)29/h12-13,15,17,26H,4-11,14H2,1-3H3. The number of morpholine rings is 1. The highest BCUT2D eigenvalue weighted by molar-refractivity contribution is 5.91. The van der Waals surface area contributed by atoms with E-state index in [4.69, 9.17) is 13.9 Å². The molecule has 0 spiro atoms. The van der Waals surface area contributed by atoms with Gasteiger partial charge in [-0.1, -0.05) is 27.2 Å². The van der Waals surface area contributed by atoms with Crippen LogP contribution in [0.1, 0.15) is 44.2 Å². The van der Waals surface area contributed by atoms with E-state index >= 15 is 0 Å². The molecule has 0 radical (unpaired) electrons. The number of nitro groups is 1. The van der Waals surface area contributed by atoms with E-state index in [0.29, 0.717) is 49.5 Å². The Balaban J connectivity index is 2.07. The Kier molecular flexibility index (Phi) is 8.09. The Bertz CT molecular complexity index is 996. The molecule has 1 aromatic heterocycles. The van der Waals surface area contributed by atoms with Crippen LogP contribution < -0.4 is 10.4 Å². The molecule has 176 valence electrons. The average Bonchev–Trinajstić information content (AvgIpc) is 2.73. The minimum Gasteiger partial charge on any atom is -0.507 e. The second-order valence-corrected chi connectivity index (χ2v) is 8.52. The van der Waals surface area contributed by atoms with Crippen LogP contribution in [-0.4, -0.2) is 60.9 Å². The molecule has 0 amide bonds. The van der Waals surface area contributed by atoms with Gasteiger partial charge in [-0.2, -0.15) is 0 Å². The van der Waals surface area contributed by atoms with Crippen LogP contribution in [0, 0.1) is 16.0 Å².